The first kappa shape index (κ1) is 39.9. The Bertz CT molecular complexity index is 3290. The molecule has 11 rings (SSSR count). The van der Waals surface area contributed by atoms with Crippen LogP contribution in [0.3, 0.4) is 0 Å². The summed E-state index contributed by atoms with van der Waals surface area (Å²) >= 11 is 0. The van der Waals surface area contributed by atoms with Crippen molar-refractivity contribution in [3.8, 4) is 55.6 Å². The van der Waals surface area contributed by atoms with Crippen molar-refractivity contribution in [2.45, 2.75) is 0 Å². The minimum absolute atomic E-state index is 1.02. The Balaban J connectivity index is 0.975. The van der Waals surface area contributed by atoms with Crippen LogP contribution in [0, 0.1) is 12.1 Å². The molecule has 0 saturated heterocycles. The molecule has 2 heteroatoms. The molecule has 0 radical (unpaired) electrons. The fourth-order valence-electron chi connectivity index (χ4n) is 9.05. The summed E-state index contributed by atoms with van der Waals surface area (Å²) in [7, 11) is 0. The number of para-hydroxylation sites is 1. The predicted octanol–water partition coefficient (Wildman–Crippen LogP) is 17.7. The Morgan fingerprint density at radius 2 is 0.697 bits per heavy atom. The van der Waals surface area contributed by atoms with Crippen molar-refractivity contribution in [2.24, 2.45) is 0 Å². The summed E-state index contributed by atoms with van der Waals surface area (Å²) in [6.07, 6.45) is 0. The van der Waals surface area contributed by atoms with Crippen LogP contribution in [0.1, 0.15) is 0 Å². The molecular formula is C64H44N2. The lowest BCUT2D eigenvalue weighted by Crippen LogP contribution is -2.10. The van der Waals surface area contributed by atoms with Crippen LogP contribution < -0.4 is 9.80 Å². The van der Waals surface area contributed by atoms with Gasteiger partial charge >= 0.3 is 0 Å². The molecule has 0 amide bonds. The van der Waals surface area contributed by atoms with E-state index in [0.29, 0.717) is 0 Å². The molecule has 0 saturated carbocycles. The molecule has 0 aliphatic heterocycles. The van der Waals surface area contributed by atoms with Crippen molar-refractivity contribution in [2.75, 3.05) is 9.80 Å². The molecule has 0 spiro atoms. The summed E-state index contributed by atoms with van der Waals surface area (Å²) in [4.78, 5) is 4.73. The van der Waals surface area contributed by atoms with Crippen LogP contribution in [0.15, 0.2) is 267 Å². The van der Waals surface area contributed by atoms with E-state index >= 15 is 0 Å². The first-order valence-corrected chi connectivity index (χ1v) is 22.4. The second-order valence-electron chi connectivity index (χ2n) is 16.4. The molecule has 0 N–H and O–H groups in total. The molecule has 0 unspecified atom stereocenters. The fraction of sp³-hybridized carbons (Fsp3) is 0. The number of fused-ring (bicyclic) bond motifs is 1. The minimum Gasteiger partial charge on any atom is -0.310 e. The van der Waals surface area contributed by atoms with Crippen molar-refractivity contribution >= 4 is 44.9 Å². The maximum absolute atomic E-state index is 3.27. The molecule has 0 heterocycles. The zero-order chi connectivity index (χ0) is 44.1. The Morgan fingerprint density at radius 3 is 1.23 bits per heavy atom. The normalized spacial score (nSPS) is 10.9. The average Bonchev–Trinajstić information content (AvgIpc) is 3.41. The third-order valence-electron chi connectivity index (χ3n) is 12.3. The lowest BCUT2D eigenvalue weighted by Gasteiger charge is -2.28. The number of hydrogen-bond acceptors (Lipinski definition) is 2. The summed E-state index contributed by atoms with van der Waals surface area (Å²) < 4.78 is 0. The Kier molecular flexibility index (Phi) is 10.9. The van der Waals surface area contributed by atoms with E-state index < -0.39 is 0 Å². The number of nitrogens with zero attached hydrogens (tertiary/aromatic N) is 2. The molecule has 310 valence electrons. The molecular weight excluding hydrogens is 797 g/mol. The van der Waals surface area contributed by atoms with Crippen LogP contribution in [0.4, 0.5) is 34.1 Å². The maximum Gasteiger partial charge on any atom is 0.0540 e. The highest BCUT2D eigenvalue weighted by Crippen LogP contribution is 2.44. The second kappa shape index (κ2) is 18.1. The zero-order valence-corrected chi connectivity index (χ0v) is 36.3. The van der Waals surface area contributed by atoms with Gasteiger partial charge in [-0.15, -0.1) is 0 Å². The van der Waals surface area contributed by atoms with Crippen LogP contribution in [-0.2, 0) is 0 Å². The molecule has 0 aromatic heterocycles. The van der Waals surface area contributed by atoms with Gasteiger partial charge in [-0.05, 0) is 140 Å². The molecule has 0 bridgehead atoms. The fourth-order valence-corrected chi connectivity index (χ4v) is 9.05. The minimum atomic E-state index is 1.02. The molecule has 0 aliphatic carbocycles. The molecule has 11 aromatic carbocycles. The van der Waals surface area contributed by atoms with Gasteiger partial charge in [0.05, 0.1) is 5.69 Å². The van der Waals surface area contributed by atoms with Crippen LogP contribution >= 0.6 is 0 Å². The van der Waals surface area contributed by atoms with Crippen molar-refractivity contribution in [1.29, 1.82) is 0 Å². The Labute approximate surface area is 387 Å². The Morgan fingerprint density at radius 1 is 0.258 bits per heavy atom. The van der Waals surface area contributed by atoms with Crippen molar-refractivity contribution < 1.29 is 0 Å². The maximum atomic E-state index is 3.27. The monoisotopic (exact) mass is 840 g/mol. The van der Waals surface area contributed by atoms with Crippen molar-refractivity contribution in [3.63, 3.8) is 0 Å². The van der Waals surface area contributed by atoms with Gasteiger partial charge in [0.25, 0.3) is 0 Å². The van der Waals surface area contributed by atoms with E-state index in [1.807, 2.05) is 12.1 Å². The first-order chi connectivity index (χ1) is 32.7. The topological polar surface area (TPSA) is 6.48 Å². The average molecular weight is 841 g/mol. The second-order valence-corrected chi connectivity index (χ2v) is 16.4. The van der Waals surface area contributed by atoms with E-state index in [0.717, 1.165) is 67.5 Å². The largest absolute Gasteiger partial charge is 0.310 e. The lowest BCUT2D eigenvalue weighted by atomic mass is 9.96. The first-order valence-electron chi connectivity index (χ1n) is 22.4. The molecule has 0 atom stereocenters. The third kappa shape index (κ3) is 8.10. The van der Waals surface area contributed by atoms with Gasteiger partial charge in [0, 0.05) is 39.4 Å². The van der Waals surface area contributed by atoms with Crippen LogP contribution in [-0.4, -0.2) is 0 Å². The molecule has 0 aliphatic rings. The van der Waals surface area contributed by atoms with Gasteiger partial charge < -0.3 is 9.80 Å². The van der Waals surface area contributed by atoms with Crippen LogP contribution in [0.2, 0.25) is 0 Å². The number of benzene rings is 10. The zero-order valence-electron chi connectivity index (χ0n) is 36.3. The molecule has 11 aromatic rings. The van der Waals surface area contributed by atoms with Gasteiger partial charge in [0.15, 0.2) is 0 Å². The number of anilines is 6. The van der Waals surface area contributed by atoms with Gasteiger partial charge in [0.2, 0.25) is 0 Å². The smallest absolute Gasteiger partial charge is 0.0540 e. The summed E-state index contributed by atoms with van der Waals surface area (Å²) in [6.45, 7) is 0. The van der Waals surface area contributed by atoms with Crippen molar-refractivity contribution in [1.82, 2.24) is 0 Å². The SMILES string of the molecule is c1cccc(-c2ccc(N(c3ccc(-c4ccc(N(c5ccccc5)c5ccc(-c6ccccc6)c6ccccc56)cc4)cc3)c3cc(-c4ccccc4)cc(-c4ccccc4)c3)cc2)c#1. The van der Waals surface area contributed by atoms with E-state index in [4.69, 9.17) is 0 Å². The highest BCUT2D eigenvalue weighted by Gasteiger charge is 2.19. The molecule has 2 nitrogen and oxygen atoms in total. The molecule has 0 fully saturated rings. The van der Waals surface area contributed by atoms with Crippen molar-refractivity contribution in [3.05, 3.63) is 279 Å². The highest BCUT2D eigenvalue weighted by atomic mass is 15.1. The third-order valence-corrected chi connectivity index (χ3v) is 12.3. The summed E-state index contributed by atoms with van der Waals surface area (Å²) in [5.74, 6) is 0. The van der Waals surface area contributed by atoms with Crippen LogP contribution in [0.5, 0.6) is 0 Å². The van der Waals surface area contributed by atoms with E-state index in [1.54, 1.807) is 0 Å². The van der Waals surface area contributed by atoms with E-state index in [9.17, 15) is 0 Å². The number of hydrogen-bond donors (Lipinski definition) is 0. The quantitative estimate of drug-likeness (QED) is 0.128. The predicted molar refractivity (Wildman–Crippen MR) is 278 cm³/mol. The summed E-state index contributed by atoms with van der Waals surface area (Å²) in [5.41, 5.74) is 18.0. The van der Waals surface area contributed by atoms with E-state index in [-0.39, 0.29) is 0 Å². The summed E-state index contributed by atoms with van der Waals surface area (Å²) in [6, 6.07) is 102. The molecule has 66 heavy (non-hydrogen) atoms. The Hall–Kier alpha value is -8.90. The summed E-state index contributed by atoms with van der Waals surface area (Å²) in [5, 5.41) is 2.42. The lowest BCUT2D eigenvalue weighted by molar-refractivity contribution is 1.28. The number of rotatable bonds is 11. The van der Waals surface area contributed by atoms with E-state index in [1.165, 1.54) is 33.0 Å². The van der Waals surface area contributed by atoms with Gasteiger partial charge in [-0.2, -0.15) is 0 Å². The highest BCUT2D eigenvalue weighted by molar-refractivity contribution is 6.06. The van der Waals surface area contributed by atoms with Crippen LogP contribution in [0.25, 0.3) is 66.4 Å². The van der Waals surface area contributed by atoms with Gasteiger partial charge in [-0.3, -0.25) is 0 Å². The van der Waals surface area contributed by atoms with E-state index in [2.05, 4.69) is 277 Å². The van der Waals surface area contributed by atoms with Gasteiger partial charge in [-0.1, -0.05) is 194 Å². The van der Waals surface area contributed by atoms with Gasteiger partial charge in [0.1, 0.15) is 0 Å². The van der Waals surface area contributed by atoms with Gasteiger partial charge in [-0.25, -0.2) is 0 Å². The standard InChI is InChI=1S/C64H44N2/c1-6-18-47(19-7-1)50-30-36-57(37-31-50)65(60-45-54(48-20-8-2-9-21-48)44-55(46-60)49-22-10-3-11-23-49)58-38-32-51(33-39-58)52-34-40-59(41-35-52)66(56-26-14-5-15-27-56)64-43-42-61(53-24-12-4-13-25-53)62-28-16-17-29-63(62)64/h1-6,8-18,20-46H.